The molecule has 0 radical (unpaired) electrons. The van der Waals surface area contributed by atoms with E-state index in [1.165, 1.54) is 5.56 Å². The standard InChI is InChI=1S/C15H21BrO3/c1-9(2)12-10(15(3,4)8-17)7-11-14(13(12)16)19-6-5-18-11/h7,9,17H,5-6,8H2,1-4H3. The molecule has 1 aromatic rings. The first kappa shape index (κ1) is 14.7. The van der Waals surface area contributed by atoms with Gasteiger partial charge in [0.2, 0.25) is 0 Å². The molecule has 3 nitrogen and oxygen atoms in total. The van der Waals surface area contributed by atoms with Gasteiger partial charge in [-0.25, -0.2) is 0 Å². The lowest BCUT2D eigenvalue weighted by molar-refractivity contribution is 0.168. The highest BCUT2D eigenvalue weighted by Crippen LogP contribution is 2.47. The molecule has 0 unspecified atom stereocenters. The SMILES string of the molecule is CC(C)c1c(C(C)(C)CO)cc2c(c1Br)OCCO2. The summed E-state index contributed by atoms with van der Waals surface area (Å²) in [6.07, 6.45) is 0. The topological polar surface area (TPSA) is 38.7 Å². The van der Waals surface area contributed by atoms with E-state index >= 15 is 0 Å². The number of rotatable bonds is 3. The van der Waals surface area contributed by atoms with E-state index in [0.717, 1.165) is 21.5 Å². The highest BCUT2D eigenvalue weighted by Gasteiger charge is 2.30. The van der Waals surface area contributed by atoms with Crippen molar-refractivity contribution in [1.82, 2.24) is 0 Å². The van der Waals surface area contributed by atoms with Crippen LogP contribution in [0.25, 0.3) is 0 Å². The summed E-state index contributed by atoms with van der Waals surface area (Å²) in [5.41, 5.74) is 1.99. The number of halogens is 1. The van der Waals surface area contributed by atoms with Crippen molar-refractivity contribution in [3.63, 3.8) is 0 Å². The summed E-state index contributed by atoms with van der Waals surface area (Å²) in [4.78, 5) is 0. The lowest BCUT2D eigenvalue weighted by Gasteiger charge is -2.31. The van der Waals surface area contributed by atoms with Gasteiger partial charge in [0.1, 0.15) is 13.2 Å². The van der Waals surface area contributed by atoms with Crippen LogP contribution in [0.3, 0.4) is 0 Å². The Bertz CT molecular complexity index is 481. The smallest absolute Gasteiger partial charge is 0.175 e. The summed E-state index contributed by atoms with van der Waals surface area (Å²) in [5, 5.41) is 9.66. The molecule has 0 spiro atoms. The zero-order valence-corrected chi connectivity index (χ0v) is 13.5. The maximum atomic E-state index is 9.66. The molecular weight excluding hydrogens is 308 g/mol. The average Bonchev–Trinajstić information content (AvgIpc) is 2.38. The second-order valence-electron chi connectivity index (χ2n) is 5.87. The molecule has 19 heavy (non-hydrogen) atoms. The van der Waals surface area contributed by atoms with Crippen LogP contribution < -0.4 is 9.47 Å². The van der Waals surface area contributed by atoms with Crippen LogP contribution in [-0.4, -0.2) is 24.9 Å². The summed E-state index contributed by atoms with van der Waals surface area (Å²) >= 11 is 3.65. The van der Waals surface area contributed by atoms with E-state index in [1.807, 2.05) is 19.9 Å². The lowest BCUT2D eigenvalue weighted by Crippen LogP contribution is -2.26. The third kappa shape index (κ3) is 2.61. The van der Waals surface area contributed by atoms with Gasteiger partial charge in [-0.05, 0) is 39.0 Å². The monoisotopic (exact) mass is 328 g/mol. The molecule has 0 saturated carbocycles. The largest absolute Gasteiger partial charge is 0.486 e. The molecule has 0 atom stereocenters. The van der Waals surface area contributed by atoms with E-state index in [9.17, 15) is 5.11 Å². The first-order valence-corrected chi connectivity index (χ1v) is 7.41. The Hall–Kier alpha value is -0.740. The van der Waals surface area contributed by atoms with Crippen LogP contribution in [0.5, 0.6) is 11.5 Å². The van der Waals surface area contributed by atoms with E-state index < -0.39 is 0 Å². The molecule has 0 amide bonds. The predicted octanol–water partition coefficient (Wildman–Crippen LogP) is 3.61. The molecule has 0 fully saturated rings. The van der Waals surface area contributed by atoms with Crippen molar-refractivity contribution in [1.29, 1.82) is 0 Å². The highest BCUT2D eigenvalue weighted by atomic mass is 79.9. The lowest BCUT2D eigenvalue weighted by atomic mass is 9.79. The van der Waals surface area contributed by atoms with Crippen molar-refractivity contribution in [2.24, 2.45) is 0 Å². The Labute approximate surface area is 123 Å². The van der Waals surface area contributed by atoms with Gasteiger partial charge in [0.25, 0.3) is 0 Å². The summed E-state index contributed by atoms with van der Waals surface area (Å²) in [6.45, 7) is 9.61. The van der Waals surface area contributed by atoms with Crippen molar-refractivity contribution in [2.45, 2.75) is 39.0 Å². The van der Waals surface area contributed by atoms with Crippen LogP contribution in [0.2, 0.25) is 0 Å². The third-order valence-corrected chi connectivity index (χ3v) is 4.30. The molecule has 0 bridgehead atoms. The summed E-state index contributed by atoms with van der Waals surface area (Å²) in [6, 6.07) is 2.02. The fraction of sp³-hybridized carbons (Fsp3) is 0.600. The number of benzene rings is 1. The van der Waals surface area contributed by atoms with Crippen molar-refractivity contribution < 1.29 is 14.6 Å². The maximum absolute atomic E-state index is 9.66. The van der Waals surface area contributed by atoms with Crippen LogP contribution >= 0.6 is 15.9 Å². The van der Waals surface area contributed by atoms with Crippen LogP contribution in [-0.2, 0) is 5.41 Å². The number of hydrogen-bond acceptors (Lipinski definition) is 3. The predicted molar refractivity (Wildman–Crippen MR) is 79.3 cm³/mol. The Morgan fingerprint density at radius 3 is 2.53 bits per heavy atom. The van der Waals surface area contributed by atoms with Crippen LogP contribution in [0.15, 0.2) is 10.5 Å². The first-order valence-electron chi connectivity index (χ1n) is 6.62. The van der Waals surface area contributed by atoms with Gasteiger partial charge in [-0.2, -0.15) is 0 Å². The van der Waals surface area contributed by atoms with Gasteiger partial charge in [-0.15, -0.1) is 0 Å². The number of aliphatic hydroxyl groups is 1. The second-order valence-corrected chi connectivity index (χ2v) is 6.67. The number of fused-ring (bicyclic) bond motifs is 1. The molecule has 4 heteroatoms. The Kier molecular flexibility index (Phi) is 4.11. The zero-order valence-electron chi connectivity index (χ0n) is 11.9. The van der Waals surface area contributed by atoms with Gasteiger partial charge in [0, 0.05) is 5.41 Å². The van der Waals surface area contributed by atoms with E-state index in [1.54, 1.807) is 0 Å². The van der Waals surface area contributed by atoms with Crippen molar-refractivity contribution >= 4 is 15.9 Å². The van der Waals surface area contributed by atoms with E-state index in [0.29, 0.717) is 19.1 Å². The van der Waals surface area contributed by atoms with Gasteiger partial charge in [0.05, 0.1) is 11.1 Å². The molecule has 106 valence electrons. The summed E-state index contributed by atoms with van der Waals surface area (Å²) in [7, 11) is 0. The fourth-order valence-corrected chi connectivity index (χ4v) is 3.35. The third-order valence-electron chi connectivity index (χ3n) is 3.51. The minimum absolute atomic E-state index is 0.0960. The zero-order chi connectivity index (χ0) is 14.2. The summed E-state index contributed by atoms with van der Waals surface area (Å²) in [5.74, 6) is 1.89. The number of hydrogen-bond donors (Lipinski definition) is 1. The van der Waals surface area contributed by atoms with Gasteiger partial charge in [-0.1, -0.05) is 27.7 Å². The Balaban J connectivity index is 2.68. The van der Waals surface area contributed by atoms with Gasteiger partial charge in [0.15, 0.2) is 11.5 Å². The van der Waals surface area contributed by atoms with Crippen LogP contribution in [0, 0.1) is 0 Å². The molecule has 0 aliphatic carbocycles. The highest BCUT2D eigenvalue weighted by molar-refractivity contribution is 9.10. The minimum Gasteiger partial charge on any atom is -0.486 e. The Morgan fingerprint density at radius 1 is 1.32 bits per heavy atom. The van der Waals surface area contributed by atoms with E-state index in [4.69, 9.17) is 9.47 Å². The number of ether oxygens (including phenoxy) is 2. The number of aliphatic hydroxyl groups excluding tert-OH is 1. The molecule has 0 saturated heterocycles. The van der Waals surface area contributed by atoms with Gasteiger partial charge >= 0.3 is 0 Å². The van der Waals surface area contributed by atoms with Gasteiger partial charge in [-0.3, -0.25) is 0 Å². The van der Waals surface area contributed by atoms with Crippen molar-refractivity contribution in [3.05, 3.63) is 21.7 Å². The quantitative estimate of drug-likeness (QED) is 0.921. The maximum Gasteiger partial charge on any atom is 0.175 e. The molecule has 1 N–H and O–H groups in total. The molecule has 1 aliphatic heterocycles. The summed E-state index contributed by atoms with van der Waals surface area (Å²) < 4.78 is 12.3. The van der Waals surface area contributed by atoms with E-state index in [2.05, 4.69) is 29.8 Å². The van der Waals surface area contributed by atoms with E-state index in [-0.39, 0.29) is 12.0 Å². The molecule has 0 aromatic heterocycles. The second kappa shape index (κ2) is 5.33. The molecular formula is C15H21BrO3. The van der Waals surface area contributed by atoms with Crippen LogP contribution in [0.4, 0.5) is 0 Å². The molecule has 1 aromatic carbocycles. The van der Waals surface area contributed by atoms with Crippen molar-refractivity contribution in [3.8, 4) is 11.5 Å². The molecule has 2 rings (SSSR count). The Morgan fingerprint density at radius 2 is 1.95 bits per heavy atom. The average molecular weight is 329 g/mol. The first-order chi connectivity index (χ1) is 8.88. The van der Waals surface area contributed by atoms with Gasteiger partial charge < -0.3 is 14.6 Å². The van der Waals surface area contributed by atoms with Crippen molar-refractivity contribution in [2.75, 3.05) is 19.8 Å². The minimum atomic E-state index is -0.308. The molecule has 1 aliphatic rings. The fourth-order valence-electron chi connectivity index (χ4n) is 2.37. The molecule has 1 heterocycles. The normalized spacial score (nSPS) is 14.9. The van der Waals surface area contributed by atoms with Crippen LogP contribution in [0.1, 0.15) is 44.7 Å².